The lowest BCUT2D eigenvalue weighted by Crippen LogP contribution is -2.54. The van der Waals surface area contributed by atoms with Crippen molar-refractivity contribution in [3.05, 3.63) is 35.4 Å². The maximum atomic E-state index is 12.2. The van der Waals surface area contributed by atoms with Crippen molar-refractivity contribution < 1.29 is 9.90 Å². The molecule has 0 saturated heterocycles. The highest BCUT2D eigenvalue weighted by atomic mass is 16.3. The highest BCUT2D eigenvalue weighted by molar-refractivity contribution is 5.86. The molecule has 1 aromatic rings. The molecule has 1 aliphatic rings. The first kappa shape index (κ1) is 15.0. The van der Waals surface area contributed by atoms with Crippen LogP contribution in [-0.2, 0) is 11.3 Å². The van der Waals surface area contributed by atoms with Gasteiger partial charge in [0.05, 0.1) is 11.6 Å². The van der Waals surface area contributed by atoms with Crippen LogP contribution in [0.2, 0.25) is 0 Å². The van der Waals surface area contributed by atoms with E-state index in [9.17, 15) is 9.90 Å². The Labute approximate surface area is 120 Å². The maximum Gasteiger partial charge on any atom is 0.240 e. The second kappa shape index (κ2) is 6.37. The third-order valence-electron chi connectivity index (χ3n) is 4.11. The monoisotopic (exact) mass is 276 g/mol. The molecule has 0 radical (unpaired) electrons. The molecule has 1 unspecified atom stereocenters. The van der Waals surface area contributed by atoms with Gasteiger partial charge in [-0.3, -0.25) is 4.79 Å². The maximum absolute atomic E-state index is 12.2. The van der Waals surface area contributed by atoms with Gasteiger partial charge in [0, 0.05) is 6.54 Å². The van der Waals surface area contributed by atoms with Crippen LogP contribution in [0, 0.1) is 0 Å². The summed E-state index contributed by atoms with van der Waals surface area (Å²) in [6, 6.07) is 7.61. The SMILES string of the molecule is CC(O)c1ccc(CNC(=O)C2(N)CCCCC2)cc1. The van der Waals surface area contributed by atoms with E-state index in [1.54, 1.807) is 6.92 Å². The van der Waals surface area contributed by atoms with Gasteiger partial charge >= 0.3 is 0 Å². The zero-order valence-electron chi connectivity index (χ0n) is 12.1. The zero-order valence-corrected chi connectivity index (χ0v) is 12.1. The lowest BCUT2D eigenvalue weighted by molar-refractivity contribution is -0.127. The van der Waals surface area contributed by atoms with Crippen molar-refractivity contribution in [1.29, 1.82) is 0 Å². The van der Waals surface area contributed by atoms with Gasteiger partial charge in [0.15, 0.2) is 0 Å². The van der Waals surface area contributed by atoms with E-state index in [0.29, 0.717) is 6.54 Å². The lowest BCUT2D eigenvalue weighted by Gasteiger charge is -2.31. The summed E-state index contributed by atoms with van der Waals surface area (Å²) in [6.45, 7) is 2.22. The van der Waals surface area contributed by atoms with E-state index in [2.05, 4.69) is 5.32 Å². The Balaban J connectivity index is 1.89. The fraction of sp³-hybridized carbons (Fsp3) is 0.562. The summed E-state index contributed by atoms with van der Waals surface area (Å²) in [5.74, 6) is -0.0446. The van der Waals surface area contributed by atoms with E-state index < -0.39 is 11.6 Å². The largest absolute Gasteiger partial charge is 0.389 e. The van der Waals surface area contributed by atoms with Gasteiger partial charge in [0.1, 0.15) is 0 Å². The van der Waals surface area contributed by atoms with Crippen LogP contribution in [0.1, 0.15) is 56.3 Å². The summed E-state index contributed by atoms with van der Waals surface area (Å²) in [5, 5.41) is 12.4. The Morgan fingerprint density at radius 3 is 2.45 bits per heavy atom. The van der Waals surface area contributed by atoms with E-state index in [0.717, 1.165) is 36.8 Å². The molecule has 4 heteroatoms. The molecule has 1 atom stereocenters. The van der Waals surface area contributed by atoms with Crippen molar-refractivity contribution in [2.75, 3.05) is 0 Å². The third-order valence-corrected chi connectivity index (χ3v) is 4.11. The Kier molecular flexibility index (Phi) is 4.78. The number of hydrogen-bond acceptors (Lipinski definition) is 3. The number of amides is 1. The second-order valence-electron chi connectivity index (χ2n) is 5.82. The number of carbonyl (C=O) groups excluding carboxylic acids is 1. The summed E-state index contributed by atoms with van der Waals surface area (Å²) in [4.78, 5) is 12.2. The molecule has 0 heterocycles. The summed E-state index contributed by atoms with van der Waals surface area (Å²) in [7, 11) is 0. The average molecular weight is 276 g/mol. The molecular weight excluding hydrogens is 252 g/mol. The first-order valence-electron chi connectivity index (χ1n) is 7.35. The van der Waals surface area contributed by atoms with Crippen LogP contribution in [0.25, 0.3) is 0 Å². The molecule has 4 N–H and O–H groups in total. The molecule has 0 aliphatic heterocycles. The average Bonchev–Trinajstić information content (AvgIpc) is 2.46. The number of hydrogen-bond donors (Lipinski definition) is 3. The van der Waals surface area contributed by atoms with Crippen molar-refractivity contribution in [1.82, 2.24) is 5.32 Å². The van der Waals surface area contributed by atoms with Crippen LogP contribution < -0.4 is 11.1 Å². The van der Waals surface area contributed by atoms with Gasteiger partial charge in [0.2, 0.25) is 5.91 Å². The van der Waals surface area contributed by atoms with Crippen LogP contribution in [0.5, 0.6) is 0 Å². The van der Waals surface area contributed by atoms with Crippen molar-refractivity contribution in [2.45, 2.75) is 57.2 Å². The van der Waals surface area contributed by atoms with Crippen LogP contribution >= 0.6 is 0 Å². The first-order chi connectivity index (χ1) is 9.51. The van der Waals surface area contributed by atoms with Crippen molar-refractivity contribution in [3.8, 4) is 0 Å². The minimum absolute atomic E-state index is 0.0446. The van der Waals surface area contributed by atoms with Gasteiger partial charge < -0.3 is 16.2 Å². The molecule has 20 heavy (non-hydrogen) atoms. The Morgan fingerprint density at radius 2 is 1.90 bits per heavy atom. The van der Waals surface area contributed by atoms with Crippen molar-refractivity contribution in [3.63, 3.8) is 0 Å². The fourth-order valence-electron chi connectivity index (χ4n) is 2.68. The van der Waals surface area contributed by atoms with Crippen LogP contribution in [0.3, 0.4) is 0 Å². The number of benzene rings is 1. The minimum Gasteiger partial charge on any atom is -0.389 e. The van der Waals surface area contributed by atoms with Crippen molar-refractivity contribution >= 4 is 5.91 Å². The fourth-order valence-corrected chi connectivity index (χ4v) is 2.68. The molecule has 1 aliphatic carbocycles. The van der Waals surface area contributed by atoms with Gasteiger partial charge in [-0.2, -0.15) is 0 Å². The highest BCUT2D eigenvalue weighted by Gasteiger charge is 2.34. The third kappa shape index (κ3) is 3.58. The molecule has 2 rings (SSSR count). The van der Waals surface area contributed by atoms with Gasteiger partial charge in [0.25, 0.3) is 0 Å². The van der Waals surface area contributed by atoms with E-state index >= 15 is 0 Å². The quantitative estimate of drug-likeness (QED) is 0.787. The first-order valence-corrected chi connectivity index (χ1v) is 7.35. The Bertz CT molecular complexity index is 448. The molecule has 4 nitrogen and oxygen atoms in total. The number of rotatable bonds is 4. The lowest BCUT2D eigenvalue weighted by atomic mass is 9.82. The number of nitrogens with two attached hydrogens (primary N) is 1. The zero-order chi connectivity index (χ0) is 14.6. The Hall–Kier alpha value is -1.39. The molecule has 0 bridgehead atoms. The smallest absolute Gasteiger partial charge is 0.240 e. The molecule has 1 amide bonds. The molecular formula is C16H24N2O2. The van der Waals surface area contributed by atoms with Gasteiger partial charge in [-0.1, -0.05) is 43.5 Å². The van der Waals surface area contributed by atoms with Crippen LogP contribution in [0.15, 0.2) is 24.3 Å². The molecule has 1 aromatic carbocycles. The highest BCUT2D eigenvalue weighted by Crippen LogP contribution is 2.26. The van der Waals surface area contributed by atoms with Crippen molar-refractivity contribution in [2.24, 2.45) is 5.73 Å². The van der Waals surface area contributed by atoms with E-state index in [4.69, 9.17) is 5.73 Å². The van der Waals surface area contributed by atoms with Crippen LogP contribution in [0.4, 0.5) is 0 Å². The topological polar surface area (TPSA) is 75.3 Å². The predicted molar refractivity (Wildman–Crippen MR) is 78.9 cm³/mol. The van der Waals surface area contributed by atoms with Gasteiger partial charge in [-0.25, -0.2) is 0 Å². The van der Waals surface area contributed by atoms with Crippen LogP contribution in [-0.4, -0.2) is 16.6 Å². The molecule has 1 saturated carbocycles. The van der Waals surface area contributed by atoms with E-state index in [1.807, 2.05) is 24.3 Å². The molecule has 0 spiro atoms. The van der Waals surface area contributed by atoms with Gasteiger partial charge in [-0.05, 0) is 30.9 Å². The number of aliphatic hydroxyl groups excluding tert-OH is 1. The number of aliphatic hydroxyl groups is 1. The minimum atomic E-state index is -0.683. The standard InChI is InChI=1S/C16H24N2O2/c1-12(19)14-7-5-13(6-8-14)11-18-15(20)16(17)9-3-2-4-10-16/h5-8,12,19H,2-4,9-11,17H2,1H3,(H,18,20). The van der Waals surface area contributed by atoms with Gasteiger partial charge in [-0.15, -0.1) is 0 Å². The normalized spacial score (nSPS) is 19.4. The van der Waals surface area contributed by atoms with E-state index in [-0.39, 0.29) is 5.91 Å². The summed E-state index contributed by atoms with van der Waals surface area (Å²) in [5.41, 5.74) is 7.40. The number of carbonyl (C=O) groups is 1. The number of nitrogens with one attached hydrogen (secondary N) is 1. The predicted octanol–water partition coefficient (Wildman–Crippen LogP) is 2.02. The molecule has 110 valence electrons. The Morgan fingerprint density at radius 1 is 1.30 bits per heavy atom. The molecule has 0 aromatic heterocycles. The second-order valence-corrected chi connectivity index (χ2v) is 5.82. The summed E-state index contributed by atoms with van der Waals surface area (Å²) in [6.07, 6.45) is 4.33. The molecule has 1 fully saturated rings. The van der Waals surface area contributed by atoms with E-state index in [1.165, 1.54) is 6.42 Å². The summed E-state index contributed by atoms with van der Waals surface area (Å²) >= 11 is 0. The summed E-state index contributed by atoms with van der Waals surface area (Å²) < 4.78 is 0.